The normalized spacial score (nSPS) is 11.5. The van der Waals surface area contributed by atoms with Gasteiger partial charge in [-0.3, -0.25) is 0 Å². The lowest BCUT2D eigenvalue weighted by molar-refractivity contribution is 0.0259. The Bertz CT molecular complexity index is 299. The van der Waals surface area contributed by atoms with E-state index in [0.29, 0.717) is 58.6 Å². The Hall–Kier alpha value is -0.753. The van der Waals surface area contributed by atoms with Gasteiger partial charge in [0.15, 0.2) is 0 Å². The summed E-state index contributed by atoms with van der Waals surface area (Å²) in [7, 11) is 3.79. The molecule has 0 saturated heterocycles. The number of amides is 2. The average Bonchev–Trinajstić information content (AvgIpc) is 2.61. The summed E-state index contributed by atoms with van der Waals surface area (Å²) >= 11 is 0. The van der Waals surface area contributed by atoms with Crippen molar-refractivity contribution in [3.05, 3.63) is 0 Å². The van der Waals surface area contributed by atoms with Crippen LogP contribution >= 0.6 is 0 Å². The third-order valence-electron chi connectivity index (χ3n) is 3.21. The Morgan fingerprint density at radius 1 is 0.792 bits per heavy atom. The maximum atomic E-state index is 11.6. The Balaban J connectivity index is 3.47. The second kappa shape index (κ2) is 15.8. The number of hydrogen-bond donors (Lipinski definition) is 2. The molecule has 0 aromatic carbocycles. The van der Waals surface area contributed by atoms with Gasteiger partial charge in [0.2, 0.25) is 0 Å². The fourth-order valence-corrected chi connectivity index (χ4v) is 3.55. The molecule has 0 aromatic heterocycles. The third kappa shape index (κ3) is 11.7. The van der Waals surface area contributed by atoms with Gasteiger partial charge < -0.3 is 38.1 Å². The number of urea groups is 1. The summed E-state index contributed by atoms with van der Waals surface area (Å²) in [5.41, 5.74) is 0. The first-order valence-electron chi connectivity index (χ1n) is 7.95. The quantitative estimate of drug-likeness (QED) is 0.297. The highest BCUT2D eigenvalue weighted by Crippen LogP contribution is 2.14. The number of methoxy groups -OCH3 is 1. The van der Waals surface area contributed by atoms with Crippen molar-refractivity contribution in [1.82, 2.24) is 10.6 Å². The van der Waals surface area contributed by atoms with Crippen LogP contribution in [0.2, 0.25) is 6.04 Å². The van der Waals surface area contributed by atoms with Crippen LogP contribution in [0.3, 0.4) is 0 Å². The van der Waals surface area contributed by atoms with Gasteiger partial charge in [-0.25, -0.2) is 4.79 Å². The Labute approximate surface area is 145 Å². The van der Waals surface area contributed by atoms with Crippen LogP contribution in [0.1, 0.15) is 6.42 Å². The standard InChI is InChI=1S/C14H32N2O7Si/c1-18-9-10-23-12-11-22-8-7-16-14(17)15-6-5-13-24(19-2,20-3)21-4/h5-13H2,1-4H3,(H2,15,16,17). The van der Waals surface area contributed by atoms with Crippen molar-refractivity contribution in [2.45, 2.75) is 12.5 Å². The Morgan fingerprint density at radius 2 is 1.33 bits per heavy atom. The lowest BCUT2D eigenvalue weighted by Crippen LogP contribution is -2.44. The zero-order valence-corrected chi connectivity index (χ0v) is 16.2. The predicted octanol–water partition coefficient (Wildman–Crippen LogP) is 0.233. The first-order valence-corrected chi connectivity index (χ1v) is 9.89. The molecule has 0 radical (unpaired) electrons. The minimum absolute atomic E-state index is 0.227. The summed E-state index contributed by atoms with van der Waals surface area (Å²) in [6, 6.07) is 0.414. The maximum absolute atomic E-state index is 11.6. The largest absolute Gasteiger partial charge is 0.500 e. The van der Waals surface area contributed by atoms with Crippen LogP contribution in [-0.4, -0.2) is 89.4 Å². The van der Waals surface area contributed by atoms with Gasteiger partial charge in [0.05, 0.1) is 33.0 Å². The van der Waals surface area contributed by atoms with Gasteiger partial charge in [-0.1, -0.05) is 0 Å². The SMILES string of the molecule is COCCOCCOCCNC(=O)NCCC[Si](OC)(OC)OC. The number of hydrogen-bond acceptors (Lipinski definition) is 7. The van der Waals surface area contributed by atoms with Crippen molar-refractivity contribution in [3.63, 3.8) is 0 Å². The van der Waals surface area contributed by atoms with Crippen molar-refractivity contribution in [2.24, 2.45) is 0 Å². The Morgan fingerprint density at radius 3 is 1.92 bits per heavy atom. The van der Waals surface area contributed by atoms with E-state index in [1.54, 1.807) is 28.4 Å². The van der Waals surface area contributed by atoms with E-state index in [1.165, 1.54) is 0 Å². The molecule has 0 spiro atoms. The topological polar surface area (TPSA) is 96.5 Å². The van der Waals surface area contributed by atoms with Crippen LogP contribution in [0.4, 0.5) is 4.79 Å². The number of rotatable bonds is 16. The molecule has 0 atom stereocenters. The van der Waals surface area contributed by atoms with Crippen LogP contribution in [0.25, 0.3) is 0 Å². The molecule has 144 valence electrons. The molecule has 24 heavy (non-hydrogen) atoms. The van der Waals surface area contributed by atoms with E-state index in [0.717, 1.165) is 0 Å². The molecule has 2 amide bonds. The van der Waals surface area contributed by atoms with Crippen molar-refractivity contribution in [3.8, 4) is 0 Å². The van der Waals surface area contributed by atoms with E-state index >= 15 is 0 Å². The minimum Gasteiger partial charge on any atom is -0.382 e. The van der Waals surface area contributed by atoms with Crippen LogP contribution < -0.4 is 10.6 Å². The highest BCUT2D eigenvalue weighted by Gasteiger charge is 2.36. The van der Waals surface area contributed by atoms with Gasteiger partial charge in [0.25, 0.3) is 0 Å². The first kappa shape index (κ1) is 23.2. The number of ether oxygens (including phenoxy) is 3. The Kier molecular flexibility index (Phi) is 15.3. The van der Waals surface area contributed by atoms with Gasteiger partial charge in [0, 0.05) is 47.6 Å². The number of carbonyl (C=O) groups excluding carboxylic acids is 1. The van der Waals surface area contributed by atoms with Gasteiger partial charge >= 0.3 is 14.8 Å². The molecule has 2 N–H and O–H groups in total. The van der Waals surface area contributed by atoms with Gasteiger partial charge in [-0.05, 0) is 6.42 Å². The lowest BCUT2D eigenvalue weighted by atomic mass is 10.5. The van der Waals surface area contributed by atoms with Gasteiger partial charge in [0.1, 0.15) is 0 Å². The predicted molar refractivity (Wildman–Crippen MR) is 91.1 cm³/mol. The van der Waals surface area contributed by atoms with Crippen LogP contribution in [0.5, 0.6) is 0 Å². The first-order chi connectivity index (χ1) is 11.6. The summed E-state index contributed by atoms with van der Waals surface area (Å²) in [5.74, 6) is 0. The molecule has 0 heterocycles. The van der Waals surface area contributed by atoms with Crippen LogP contribution in [-0.2, 0) is 27.5 Å². The molecule has 0 aromatic rings. The van der Waals surface area contributed by atoms with Crippen molar-refractivity contribution in [1.29, 1.82) is 0 Å². The van der Waals surface area contributed by atoms with E-state index in [4.69, 9.17) is 27.5 Å². The van der Waals surface area contributed by atoms with Crippen molar-refractivity contribution < 1.29 is 32.3 Å². The summed E-state index contributed by atoms with van der Waals surface area (Å²) in [4.78, 5) is 11.6. The monoisotopic (exact) mass is 368 g/mol. The number of carbonyl (C=O) groups is 1. The molecule has 0 aliphatic carbocycles. The molecule has 10 heteroatoms. The fourth-order valence-electron chi connectivity index (χ4n) is 1.83. The maximum Gasteiger partial charge on any atom is 0.500 e. The smallest absolute Gasteiger partial charge is 0.382 e. The fraction of sp³-hybridized carbons (Fsp3) is 0.929. The lowest BCUT2D eigenvalue weighted by Gasteiger charge is -2.24. The third-order valence-corrected chi connectivity index (χ3v) is 6.05. The molecule has 0 aliphatic rings. The molecule has 0 rings (SSSR count). The molecule has 0 aliphatic heterocycles. The molecule has 0 unspecified atom stereocenters. The van der Waals surface area contributed by atoms with Gasteiger partial charge in [-0.2, -0.15) is 0 Å². The van der Waals surface area contributed by atoms with E-state index in [-0.39, 0.29) is 6.03 Å². The van der Waals surface area contributed by atoms with E-state index in [1.807, 2.05) is 0 Å². The average molecular weight is 369 g/mol. The minimum atomic E-state index is -2.55. The number of nitrogens with one attached hydrogen (secondary N) is 2. The molecular weight excluding hydrogens is 336 g/mol. The zero-order chi connectivity index (χ0) is 18.1. The van der Waals surface area contributed by atoms with E-state index in [9.17, 15) is 4.79 Å². The molecule has 9 nitrogen and oxygen atoms in total. The molecular formula is C14H32N2O7Si. The summed E-state index contributed by atoms with van der Waals surface area (Å²) in [6.07, 6.45) is 0.713. The van der Waals surface area contributed by atoms with Crippen LogP contribution in [0, 0.1) is 0 Å². The van der Waals surface area contributed by atoms with E-state index in [2.05, 4.69) is 10.6 Å². The second-order valence-electron chi connectivity index (χ2n) is 4.80. The van der Waals surface area contributed by atoms with E-state index < -0.39 is 8.80 Å². The van der Waals surface area contributed by atoms with Crippen molar-refractivity contribution >= 4 is 14.8 Å². The summed E-state index contributed by atoms with van der Waals surface area (Å²) in [6.45, 7) is 3.53. The highest BCUT2D eigenvalue weighted by molar-refractivity contribution is 6.60. The highest BCUT2D eigenvalue weighted by atomic mass is 28.4. The summed E-state index contributed by atoms with van der Waals surface area (Å²) < 4.78 is 31.4. The molecule has 0 fully saturated rings. The second-order valence-corrected chi connectivity index (χ2v) is 7.89. The van der Waals surface area contributed by atoms with Gasteiger partial charge in [-0.15, -0.1) is 0 Å². The van der Waals surface area contributed by atoms with Crippen LogP contribution in [0.15, 0.2) is 0 Å². The zero-order valence-electron chi connectivity index (χ0n) is 15.2. The molecule has 0 bridgehead atoms. The molecule has 0 saturated carbocycles. The summed E-state index contributed by atoms with van der Waals surface area (Å²) in [5, 5.41) is 5.48. The van der Waals surface area contributed by atoms with Crippen molar-refractivity contribution in [2.75, 3.05) is 74.6 Å².